The zero-order valence-corrected chi connectivity index (χ0v) is 11.3. The first-order chi connectivity index (χ1) is 9.83. The molecule has 5 heteroatoms. The van der Waals surface area contributed by atoms with Gasteiger partial charge in [-0.05, 0) is 37.9 Å². The normalized spacial score (nSPS) is 18.3. The van der Waals surface area contributed by atoms with Gasteiger partial charge in [-0.25, -0.2) is 4.98 Å². The van der Waals surface area contributed by atoms with Crippen molar-refractivity contribution in [2.45, 2.75) is 25.3 Å². The summed E-state index contributed by atoms with van der Waals surface area (Å²) in [6, 6.07) is 8.09. The first kappa shape index (κ1) is 13.0. The lowest BCUT2D eigenvalue weighted by atomic mass is 10.1. The van der Waals surface area contributed by atoms with Crippen molar-refractivity contribution >= 4 is 16.9 Å². The van der Waals surface area contributed by atoms with Crippen LogP contribution in [0.2, 0.25) is 0 Å². The zero-order valence-electron chi connectivity index (χ0n) is 11.3. The standard InChI is InChI=1S/C15H18N4O/c20-15(17-9-7-11-4-3-8-16-11)14-10-18-12-5-1-2-6-13(12)19-14/h1-2,5-6,10-11,16H,3-4,7-9H2,(H,17,20). The Morgan fingerprint density at radius 2 is 2.20 bits per heavy atom. The van der Waals surface area contributed by atoms with Crippen LogP contribution in [0.5, 0.6) is 0 Å². The molecule has 0 saturated carbocycles. The third-order valence-electron chi connectivity index (χ3n) is 3.62. The molecule has 0 aliphatic carbocycles. The summed E-state index contributed by atoms with van der Waals surface area (Å²) in [7, 11) is 0. The van der Waals surface area contributed by atoms with Crippen LogP contribution >= 0.6 is 0 Å². The molecule has 1 fully saturated rings. The van der Waals surface area contributed by atoms with Crippen LogP contribution in [0, 0.1) is 0 Å². The number of fused-ring (bicyclic) bond motifs is 1. The van der Waals surface area contributed by atoms with Crippen molar-refractivity contribution in [1.82, 2.24) is 20.6 Å². The molecule has 2 N–H and O–H groups in total. The van der Waals surface area contributed by atoms with Crippen molar-refractivity contribution in [3.05, 3.63) is 36.2 Å². The molecule has 1 atom stereocenters. The van der Waals surface area contributed by atoms with E-state index in [9.17, 15) is 4.79 Å². The molecule has 0 radical (unpaired) electrons. The van der Waals surface area contributed by atoms with Gasteiger partial charge < -0.3 is 10.6 Å². The predicted molar refractivity (Wildman–Crippen MR) is 77.5 cm³/mol. The average Bonchev–Trinajstić information content (AvgIpc) is 3.00. The van der Waals surface area contributed by atoms with Gasteiger partial charge in [0.05, 0.1) is 17.2 Å². The first-order valence-corrected chi connectivity index (χ1v) is 7.06. The Morgan fingerprint density at radius 1 is 1.35 bits per heavy atom. The molecule has 1 aromatic carbocycles. The van der Waals surface area contributed by atoms with E-state index in [4.69, 9.17) is 0 Å². The Morgan fingerprint density at radius 3 is 3.00 bits per heavy atom. The number of rotatable bonds is 4. The Hall–Kier alpha value is -2.01. The molecule has 1 unspecified atom stereocenters. The van der Waals surface area contributed by atoms with Gasteiger partial charge in [0.15, 0.2) is 0 Å². The number of hydrogen-bond donors (Lipinski definition) is 2. The molecule has 3 rings (SSSR count). The summed E-state index contributed by atoms with van der Waals surface area (Å²) in [5.74, 6) is -0.152. The van der Waals surface area contributed by atoms with E-state index in [1.807, 2.05) is 24.3 Å². The number of hydrogen-bond acceptors (Lipinski definition) is 4. The predicted octanol–water partition coefficient (Wildman–Crippen LogP) is 1.50. The number of para-hydroxylation sites is 2. The Labute approximate surface area is 117 Å². The van der Waals surface area contributed by atoms with Crippen LogP contribution in [-0.2, 0) is 0 Å². The van der Waals surface area contributed by atoms with Crippen molar-refractivity contribution in [2.75, 3.05) is 13.1 Å². The second-order valence-electron chi connectivity index (χ2n) is 5.08. The van der Waals surface area contributed by atoms with E-state index in [1.165, 1.54) is 19.0 Å². The number of aromatic nitrogens is 2. The largest absolute Gasteiger partial charge is 0.351 e. The molecular formula is C15H18N4O. The van der Waals surface area contributed by atoms with Gasteiger partial charge in [0.2, 0.25) is 0 Å². The van der Waals surface area contributed by atoms with Gasteiger partial charge in [0, 0.05) is 12.6 Å². The van der Waals surface area contributed by atoms with Crippen molar-refractivity contribution in [2.24, 2.45) is 0 Å². The van der Waals surface area contributed by atoms with Gasteiger partial charge in [-0.15, -0.1) is 0 Å². The third-order valence-corrected chi connectivity index (χ3v) is 3.62. The highest BCUT2D eigenvalue weighted by molar-refractivity contribution is 5.93. The highest BCUT2D eigenvalue weighted by Gasteiger charge is 2.14. The molecule has 1 aliphatic heterocycles. The maximum absolute atomic E-state index is 12.0. The smallest absolute Gasteiger partial charge is 0.271 e. The molecule has 1 saturated heterocycles. The average molecular weight is 270 g/mol. The maximum atomic E-state index is 12.0. The summed E-state index contributed by atoms with van der Waals surface area (Å²) >= 11 is 0. The molecule has 20 heavy (non-hydrogen) atoms. The van der Waals surface area contributed by atoms with Crippen molar-refractivity contribution in [1.29, 1.82) is 0 Å². The van der Waals surface area contributed by atoms with Gasteiger partial charge in [-0.1, -0.05) is 12.1 Å². The SMILES string of the molecule is O=C(NCCC1CCCN1)c1cnc2ccccc2n1. The van der Waals surface area contributed by atoms with Gasteiger partial charge in [0.1, 0.15) is 5.69 Å². The van der Waals surface area contributed by atoms with Crippen LogP contribution in [0.15, 0.2) is 30.5 Å². The highest BCUT2D eigenvalue weighted by atomic mass is 16.1. The van der Waals surface area contributed by atoms with Crippen LogP contribution in [0.1, 0.15) is 29.8 Å². The Bertz CT molecular complexity index is 608. The van der Waals surface area contributed by atoms with Crippen LogP contribution in [0.4, 0.5) is 0 Å². The molecule has 104 valence electrons. The van der Waals surface area contributed by atoms with E-state index in [0.29, 0.717) is 18.3 Å². The van der Waals surface area contributed by atoms with Crippen LogP contribution < -0.4 is 10.6 Å². The quantitative estimate of drug-likeness (QED) is 0.883. The lowest BCUT2D eigenvalue weighted by Crippen LogP contribution is -2.31. The number of carbonyl (C=O) groups is 1. The van der Waals surface area contributed by atoms with Crippen LogP contribution in [-0.4, -0.2) is 35.0 Å². The van der Waals surface area contributed by atoms with E-state index < -0.39 is 0 Å². The molecule has 1 aliphatic rings. The number of carbonyl (C=O) groups excluding carboxylic acids is 1. The molecule has 1 aromatic heterocycles. The monoisotopic (exact) mass is 270 g/mol. The van der Waals surface area contributed by atoms with Gasteiger partial charge in [-0.2, -0.15) is 0 Å². The second-order valence-corrected chi connectivity index (χ2v) is 5.08. The second kappa shape index (κ2) is 5.96. The van der Waals surface area contributed by atoms with Gasteiger partial charge in [0.25, 0.3) is 5.91 Å². The van der Waals surface area contributed by atoms with E-state index in [1.54, 1.807) is 0 Å². The minimum absolute atomic E-state index is 0.152. The lowest BCUT2D eigenvalue weighted by Gasteiger charge is -2.10. The fourth-order valence-electron chi connectivity index (χ4n) is 2.52. The number of amides is 1. The fourth-order valence-corrected chi connectivity index (χ4v) is 2.52. The molecule has 2 aromatic rings. The van der Waals surface area contributed by atoms with E-state index in [0.717, 1.165) is 24.0 Å². The summed E-state index contributed by atoms with van der Waals surface area (Å²) in [6.45, 7) is 1.76. The fraction of sp³-hybridized carbons (Fsp3) is 0.400. The Kier molecular flexibility index (Phi) is 3.87. The molecule has 0 spiro atoms. The molecule has 1 amide bonds. The number of nitrogens with zero attached hydrogens (tertiary/aromatic N) is 2. The summed E-state index contributed by atoms with van der Waals surface area (Å²) in [5.41, 5.74) is 1.93. The first-order valence-electron chi connectivity index (χ1n) is 7.06. The van der Waals surface area contributed by atoms with Gasteiger partial charge in [-0.3, -0.25) is 9.78 Å². The van der Waals surface area contributed by atoms with Crippen molar-refractivity contribution in [3.8, 4) is 0 Å². The number of benzene rings is 1. The molecule has 5 nitrogen and oxygen atoms in total. The molecular weight excluding hydrogens is 252 g/mol. The zero-order chi connectivity index (χ0) is 13.8. The Balaban J connectivity index is 1.60. The number of nitrogens with one attached hydrogen (secondary N) is 2. The van der Waals surface area contributed by atoms with E-state index in [2.05, 4.69) is 20.6 Å². The topological polar surface area (TPSA) is 66.9 Å². The summed E-state index contributed by atoms with van der Waals surface area (Å²) in [6.07, 6.45) is 4.93. The maximum Gasteiger partial charge on any atom is 0.271 e. The minimum atomic E-state index is -0.152. The summed E-state index contributed by atoms with van der Waals surface area (Å²) in [5, 5.41) is 6.32. The van der Waals surface area contributed by atoms with Crippen molar-refractivity contribution < 1.29 is 4.79 Å². The van der Waals surface area contributed by atoms with Crippen LogP contribution in [0.3, 0.4) is 0 Å². The van der Waals surface area contributed by atoms with Gasteiger partial charge >= 0.3 is 0 Å². The highest BCUT2D eigenvalue weighted by Crippen LogP contribution is 2.09. The minimum Gasteiger partial charge on any atom is -0.351 e. The summed E-state index contributed by atoms with van der Waals surface area (Å²) < 4.78 is 0. The lowest BCUT2D eigenvalue weighted by molar-refractivity contribution is 0.0947. The van der Waals surface area contributed by atoms with E-state index >= 15 is 0 Å². The van der Waals surface area contributed by atoms with Crippen molar-refractivity contribution in [3.63, 3.8) is 0 Å². The molecule has 2 heterocycles. The third kappa shape index (κ3) is 2.93. The molecule has 0 bridgehead atoms. The van der Waals surface area contributed by atoms with E-state index in [-0.39, 0.29) is 5.91 Å². The van der Waals surface area contributed by atoms with Crippen LogP contribution in [0.25, 0.3) is 11.0 Å². The summed E-state index contributed by atoms with van der Waals surface area (Å²) in [4.78, 5) is 20.6.